The van der Waals surface area contributed by atoms with Gasteiger partial charge in [0, 0.05) is 29.9 Å². The lowest BCUT2D eigenvalue weighted by molar-refractivity contribution is 0.0584. The molecule has 0 aromatic carbocycles. The van der Waals surface area contributed by atoms with Crippen LogP contribution in [0.3, 0.4) is 0 Å². The molecule has 1 saturated heterocycles. The number of rotatable bonds is 3. The van der Waals surface area contributed by atoms with E-state index in [9.17, 15) is 5.11 Å². The molecule has 4 nitrogen and oxygen atoms in total. The Kier molecular flexibility index (Phi) is 5.83. The van der Waals surface area contributed by atoms with Crippen LogP contribution >= 0.6 is 11.6 Å². The summed E-state index contributed by atoms with van der Waals surface area (Å²) in [5.74, 6) is 3.02. The van der Waals surface area contributed by atoms with Crippen molar-refractivity contribution in [1.82, 2.24) is 10.2 Å². The molecule has 0 amide bonds. The van der Waals surface area contributed by atoms with Crippen LogP contribution in [-0.4, -0.2) is 47.2 Å². The van der Waals surface area contributed by atoms with Gasteiger partial charge in [-0.1, -0.05) is 11.6 Å². The average molecular weight is 350 g/mol. The van der Waals surface area contributed by atoms with E-state index in [0.717, 1.165) is 49.1 Å². The molecule has 0 spiro atoms. The Morgan fingerprint density at radius 2 is 2.00 bits per heavy atom. The summed E-state index contributed by atoms with van der Waals surface area (Å²) >= 11 is 6.12. The van der Waals surface area contributed by atoms with E-state index in [1.54, 1.807) is 0 Å². The fraction of sp³-hybridized carbons (Fsp3) is 0.684. The number of hydrogen-bond acceptors (Lipinski definition) is 4. The molecule has 2 N–H and O–H groups in total. The number of nitrogens with one attached hydrogen (secondary N) is 1. The lowest BCUT2D eigenvalue weighted by atomic mass is 9.90. The van der Waals surface area contributed by atoms with Crippen LogP contribution in [0.1, 0.15) is 52.4 Å². The van der Waals surface area contributed by atoms with Gasteiger partial charge in [-0.15, -0.1) is 0 Å². The number of likely N-dealkylation sites (tertiary alicyclic amines) is 1. The first-order chi connectivity index (χ1) is 11.5. The topological polar surface area (TPSA) is 47.9 Å². The molecule has 2 heterocycles. The monoisotopic (exact) mass is 349 g/mol. The molecule has 0 bridgehead atoms. The second kappa shape index (κ2) is 7.88. The SMILES string of the molecule is CC1=C=NC(Cl)=C(C)C=C1N[C@@H]1CCCN(C2CCC(O)CC2)C1. The molecule has 1 atom stereocenters. The highest BCUT2D eigenvalue weighted by atomic mass is 35.5. The second-order valence-corrected chi connectivity index (χ2v) is 7.68. The van der Waals surface area contributed by atoms with Gasteiger partial charge >= 0.3 is 0 Å². The summed E-state index contributed by atoms with van der Waals surface area (Å²) in [6, 6.07) is 1.08. The minimum Gasteiger partial charge on any atom is -0.393 e. The predicted octanol–water partition coefficient (Wildman–Crippen LogP) is 3.33. The third-order valence-corrected chi connectivity index (χ3v) is 5.79. The maximum Gasteiger partial charge on any atom is 0.141 e. The van der Waals surface area contributed by atoms with E-state index in [-0.39, 0.29) is 6.10 Å². The van der Waals surface area contributed by atoms with Gasteiger partial charge in [0.1, 0.15) is 5.16 Å². The van der Waals surface area contributed by atoms with E-state index in [1.165, 1.54) is 19.4 Å². The van der Waals surface area contributed by atoms with Crippen molar-refractivity contribution in [3.8, 4) is 0 Å². The third-order valence-electron chi connectivity index (χ3n) is 5.41. The molecule has 3 aliphatic rings. The van der Waals surface area contributed by atoms with Gasteiger partial charge in [0.05, 0.1) is 6.10 Å². The number of aliphatic hydroxyl groups is 1. The first-order valence-electron chi connectivity index (χ1n) is 9.10. The highest BCUT2D eigenvalue weighted by Crippen LogP contribution is 2.26. The van der Waals surface area contributed by atoms with Crippen molar-refractivity contribution in [2.75, 3.05) is 13.1 Å². The largest absolute Gasteiger partial charge is 0.393 e. The first kappa shape index (κ1) is 17.8. The highest BCUT2D eigenvalue weighted by molar-refractivity contribution is 6.30. The molecule has 2 aliphatic heterocycles. The standard InChI is InChI=1S/C19H28ClN3O/c1-13-10-18(14(2)11-21-19(13)20)22-15-4-3-9-23(12-15)16-5-7-17(24)8-6-16/h10,15-17,22,24H,3-9,12H2,1-2H3/t15-,16?,17?/m1/s1. The zero-order valence-electron chi connectivity index (χ0n) is 14.7. The zero-order valence-corrected chi connectivity index (χ0v) is 15.4. The van der Waals surface area contributed by atoms with Gasteiger partial charge in [0.2, 0.25) is 0 Å². The van der Waals surface area contributed by atoms with Gasteiger partial charge in [0.25, 0.3) is 0 Å². The van der Waals surface area contributed by atoms with Crippen LogP contribution in [0.15, 0.2) is 33.1 Å². The molecular formula is C19H28ClN3O. The van der Waals surface area contributed by atoms with Crippen LogP contribution in [0, 0.1) is 0 Å². The van der Waals surface area contributed by atoms with Crippen molar-refractivity contribution in [2.24, 2.45) is 4.99 Å². The van der Waals surface area contributed by atoms with E-state index in [2.05, 4.69) is 27.2 Å². The lowest BCUT2D eigenvalue weighted by Gasteiger charge is -2.41. The van der Waals surface area contributed by atoms with Crippen LogP contribution in [0.2, 0.25) is 0 Å². The molecule has 0 unspecified atom stereocenters. The molecule has 5 heteroatoms. The fourth-order valence-corrected chi connectivity index (χ4v) is 4.01. The Labute approximate surface area is 150 Å². The zero-order chi connectivity index (χ0) is 17.1. The van der Waals surface area contributed by atoms with Crippen molar-refractivity contribution in [3.05, 3.63) is 28.1 Å². The number of hydrogen-bond donors (Lipinski definition) is 2. The summed E-state index contributed by atoms with van der Waals surface area (Å²) in [6.07, 6.45) is 8.55. The van der Waals surface area contributed by atoms with Crippen molar-refractivity contribution < 1.29 is 5.11 Å². The van der Waals surface area contributed by atoms with E-state index in [1.807, 2.05) is 13.8 Å². The number of aliphatic hydroxyl groups excluding tert-OH is 1. The van der Waals surface area contributed by atoms with Crippen LogP contribution in [0.5, 0.6) is 0 Å². The van der Waals surface area contributed by atoms with Crippen LogP contribution in [0.25, 0.3) is 0 Å². The molecule has 0 radical (unpaired) electrons. The molecule has 1 aliphatic carbocycles. The molecule has 2 fully saturated rings. The van der Waals surface area contributed by atoms with E-state index in [4.69, 9.17) is 11.6 Å². The molecule has 3 rings (SSSR count). The van der Waals surface area contributed by atoms with E-state index in [0.29, 0.717) is 17.2 Å². The molecule has 1 saturated carbocycles. The lowest BCUT2D eigenvalue weighted by Crippen LogP contribution is -2.50. The van der Waals surface area contributed by atoms with Crippen molar-refractivity contribution in [3.63, 3.8) is 0 Å². The Balaban J connectivity index is 1.63. The number of allylic oxidation sites excluding steroid dienone is 3. The molecule has 0 aromatic heterocycles. The van der Waals surface area contributed by atoms with Gasteiger partial charge in [-0.25, -0.2) is 0 Å². The third kappa shape index (κ3) is 4.31. The molecule has 24 heavy (non-hydrogen) atoms. The Morgan fingerprint density at radius 3 is 2.75 bits per heavy atom. The van der Waals surface area contributed by atoms with Crippen molar-refractivity contribution >= 4 is 17.5 Å². The van der Waals surface area contributed by atoms with E-state index < -0.39 is 0 Å². The first-order valence-corrected chi connectivity index (χ1v) is 9.48. The summed E-state index contributed by atoms with van der Waals surface area (Å²) < 4.78 is 0. The van der Waals surface area contributed by atoms with Crippen molar-refractivity contribution in [2.45, 2.75) is 70.6 Å². The van der Waals surface area contributed by atoms with Gasteiger partial charge in [-0.3, -0.25) is 4.90 Å². The number of aliphatic imine (C=N–C) groups is 1. The average Bonchev–Trinajstić information content (AvgIpc) is 2.70. The summed E-state index contributed by atoms with van der Waals surface area (Å²) in [7, 11) is 0. The quantitative estimate of drug-likeness (QED) is 0.768. The second-order valence-electron chi connectivity index (χ2n) is 7.32. The van der Waals surface area contributed by atoms with Crippen LogP contribution in [-0.2, 0) is 0 Å². The number of nitrogens with zero attached hydrogens (tertiary/aromatic N) is 2. The minimum absolute atomic E-state index is 0.0808. The Morgan fingerprint density at radius 1 is 1.25 bits per heavy atom. The van der Waals surface area contributed by atoms with Gasteiger partial charge in [-0.05, 0) is 76.4 Å². The van der Waals surface area contributed by atoms with Crippen molar-refractivity contribution in [1.29, 1.82) is 0 Å². The summed E-state index contributed by atoms with van der Waals surface area (Å²) in [6.45, 7) is 6.25. The van der Waals surface area contributed by atoms with Crippen LogP contribution in [0.4, 0.5) is 0 Å². The summed E-state index contributed by atoms with van der Waals surface area (Å²) in [5.41, 5.74) is 3.05. The van der Waals surface area contributed by atoms with Crippen LogP contribution < -0.4 is 5.32 Å². The molecule has 132 valence electrons. The normalized spacial score (nSPS) is 32.2. The fourth-order valence-electron chi connectivity index (χ4n) is 3.91. The maximum atomic E-state index is 9.72. The Hall–Kier alpha value is -1.06. The Bertz CT molecular complexity index is 596. The van der Waals surface area contributed by atoms with Gasteiger partial charge in [-0.2, -0.15) is 4.99 Å². The van der Waals surface area contributed by atoms with Gasteiger partial charge < -0.3 is 10.4 Å². The minimum atomic E-state index is -0.0808. The molecule has 0 aromatic rings. The summed E-state index contributed by atoms with van der Waals surface area (Å²) in [5, 5.41) is 13.9. The highest BCUT2D eigenvalue weighted by Gasteiger charge is 2.29. The van der Waals surface area contributed by atoms with E-state index >= 15 is 0 Å². The number of halogens is 1. The maximum absolute atomic E-state index is 9.72. The number of piperidine rings is 1. The molecular weight excluding hydrogens is 322 g/mol. The summed E-state index contributed by atoms with van der Waals surface area (Å²) in [4.78, 5) is 6.77. The van der Waals surface area contributed by atoms with Gasteiger partial charge in [0.15, 0.2) is 0 Å². The predicted molar refractivity (Wildman–Crippen MR) is 99.3 cm³/mol. The smallest absolute Gasteiger partial charge is 0.141 e.